The lowest BCUT2D eigenvalue weighted by Crippen LogP contribution is -2.49. The molecule has 1 N–H and O–H groups in total. The predicted molar refractivity (Wildman–Crippen MR) is 75.1 cm³/mol. The molecule has 0 amide bonds. The van der Waals surface area contributed by atoms with Crippen molar-refractivity contribution < 1.29 is 8.42 Å². The second kappa shape index (κ2) is 5.98. The van der Waals surface area contributed by atoms with E-state index in [-0.39, 0.29) is 0 Å². The fourth-order valence-electron chi connectivity index (χ4n) is 2.46. The second-order valence-corrected chi connectivity index (χ2v) is 7.22. The Morgan fingerprint density at radius 2 is 2.32 bits per heavy atom. The van der Waals surface area contributed by atoms with Gasteiger partial charge in [0.05, 0.1) is 6.26 Å². The molecule has 1 aromatic heterocycles. The van der Waals surface area contributed by atoms with Crippen LogP contribution in [-0.2, 0) is 16.6 Å². The standard InChI is InChI=1S/C13H21N3O2S/c1-11-10-16(19(2,17)18)7-5-13(11)15-9-12-4-3-6-14-8-12/h3-4,6,8,11,13,15H,5,7,9-10H2,1-2H3/t11-,13+/m1/s1. The summed E-state index contributed by atoms with van der Waals surface area (Å²) in [6.07, 6.45) is 5.75. The Morgan fingerprint density at radius 1 is 1.53 bits per heavy atom. The van der Waals surface area contributed by atoms with Gasteiger partial charge in [-0.2, -0.15) is 0 Å². The second-order valence-electron chi connectivity index (χ2n) is 5.24. The molecule has 1 aliphatic heterocycles. The zero-order valence-corrected chi connectivity index (χ0v) is 12.2. The van der Waals surface area contributed by atoms with E-state index < -0.39 is 10.0 Å². The molecule has 0 bridgehead atoms. The summed E-state index contributed by atoms with van der Waals surface area (Å²) in [6, 6.07) is 4.32. The van der Waals surface area contributed by atoms with Gasteiger partial charge >= 0.3 is 0 Å². The van der Waals surface area contributed by atoms with Crippen molar-refractivity contribution in [3.05, 3.63) is 30.1 Å². The third-order valence-corrected chi connectivity index (χ3v) is 4.90. The maximum absolute atomic E-state index is 11.5. The summed E-state index contributed by atoms with van der Waals surface area (Å²) in [5.74, 6) is 0.320. The van der Waals surface area contributed by atoms with Gasteiger partial charge in [-0.1, -0.05) is 13.0 Å². The SMILES string of the molecule is C[C@@H]1CN(S(C)(=O)=O)CC[C@@H]1NCc1cccnc1. The Labute approximate surface area is 115 Å². The van der Waals surface area contributed by atoms with Crippen molar-refractivity contribution in [1.82, 2.24) is 14.6 Å². The van der Waals surface area contributed by atoms with Crippen LogP contribution in [0.3, 0.4) is 0 Å². The van der Waals surface area contributed by atoms with Gasteiger partial charge < -0.3 is 5.32 Å². The number of pyridine rings is 1. The van der Waals surface area contributed by atoms with Gasteiger partial charge in [-0.25, -0.2) is 12.7 Å². The molecule has 6 heteroatoms. The Morgan fingerprint density at radius 3 is 2.89 bits per heavy atom. The highest BCUT2D eigenvalue weighted by Crippen LogP contribution is 2.19. The number of nitrogens with one attached hydrogen (secondary N) is 1. The van der Waals surface area contributed by atoms with Crippen LogP contribution in [0, 0.1) is 5.92 Å². The fraction of sp³-hybridized carbons (Fsp3) is 0.615. The third-order valence-electron chi connectivity index (χ3n) is 3.63. The minimum Gasteiger partial charge on any atom is -0.310 e. The van der Waals surface area contributed by atoms with Crippen LogP contribution in [0.5, 0.6) is 0 Å². The maximum atomic E-state index is 11.5. The van der Waals surface area contributed by atoms with Crippen LogP contribution in [-0.4, -0.2) is 43.1 Å². The number of hydrogen-bond acceptors (Lipinski definition) is 4. The Bertz CT molecular complexity index is 504. The van der Waals surface area contributed by atoms with Crippen LogP contribution in [0.15, 0.2) is 24.5 Å². The van der Waals surface area contributed by atoms with Gasteiger partial charge in [0.15, 0.2) is 0 Å². The van der Waals surface area contributed by atoms with E-state index in [1.165, 1.54) is 6.26 Å². The number of piperidine rings is 1. The molecule has 1 fully saturated rings. The van der Waals surface area contributed by atoms with Gasteiger partial charge in [0, 0.05) is 38.1 Å². The Hall–Kier alpha value is -0.980. The van der Waals surface area contributed by atoms with Crippen LogP contribution in [0.4, 0.5) is 0 Å². The molecule has 2 heterocycles. The molecule has 5 nitrogen and oxygen atoms in total. The van der Waals surface area contributed by atoms with Crippen molar-refractivity contribution >= 4 is 10.0 Å². The number of sulfonamides is 1. The molecule has 1 aliphatic rings. The first kappa shape index (κ1) is 14.4. The molecule has 0 saturated carbocycles. The first-order valence-corrected chi connectivity index (χ1v) is 8.39. The lowest BCUT2D eigenvalue weighted by Gasteiger charge is -2.36. The van der Waals surface area contributed by atoms with Crippen molar-refractivity contribution in [2.24, 2.45) is 5.92 Å². The molecule has 2 rings (SSSR count). The molecule has 0 radical (unpaired) electrons. The van der Waals surface area contributed by atoms with Crippen molar-refractivity contribution in [1.29, 1.82) is 0 Å². The zero-order chi connectivity index (χ0) is 13.9. The van der Waals surface area contributed by atoms with E-state index in [1.54, 1.807) is 10.5 Å². The lowest BCUT2D eigenvalue weighted by molar-refractivity contribution is 0.220. The van der Waals surface area contributed by atoms with E-state index in [0.717, 1.165) is 18.5 Å². The smallest absolute Gasteiger partial charge is 0.211 e. The average molecular weight is 283 g/mol. The molecule has 19 heavy (non-hydrogen) atoms. The molecule has 0 spiro atoms. The van der Waals surface area contributed by atoms with Gasteiger partial charge in [0.2, 0.25) is 10.0 Å². The third kappa shape index (κ3) is 3.99. The Balaban J connectivity index is 1.87. The summed E-state index contributed by atoms with van der Waals surface area (Å²) in [5.41, 5.74) is 1.15. The molecule has 0 unspecified atom stereocenters. The minimum atomic E-state index is -3.05. The highest BCUT2D eigenvalue weighted by molar-refractivity contribution is 7.88. The minimum absolute atomic E-state index is 0.320. The highest BCUT2D eigenvalue weighted by atomic mass is 32.2. The zero-order valence-electron chi connectivity index (χ0n) is 11.4. The largest absolute Gasteiger partial charge is 0.310 e. The summed E-state index contributed by atoms with van der Waals surface area (Å²) in [4.78, 5) is 4.08. The van der Waals surface area contributed by atoms with E-state index in [4.69, 9.17) is 0 Å². The van der Waals surface area contributed by atoms with E-state index in [0.29, 0.717) is 25.0 Å². The van der Waals surface area contributed by atoms with E-state index in [1.807, 2.05) is 18.3 Å². The summed E-state index contributed by atoms with van der Waals surface area (Å²) in [5, 5.41) is 3.50. The van der Waals surface area contributed by atoms with Gasteiger partial charge in [-0.05, 0) is 24.0 Å². The van der Waals surface area contributed by atoms with Crippen molar-refractivity contribution in [3.8, 4) is 0 Å². The molecule has 0 aliphatic carbocycles. The lowest BCUT2D eigenvalue weighted by atomic mass is 9.95. The quantitative estimate of drug-likeness (QED) is 0.889. The van der Waals surface area contributed by atoms with Crippen LogP contribution in [0.1, 0.15) is 18.9 Å². The molecule has 1 aromatic rings. The van der Waals surface area contributed by atoms with Crippen LogP contribution in [0.25, 0.3) is 0 Å². The summed E-state index contributed by atoms with van der Waals surface area (Å²) >= 11 is 0. The van der Waals surface area contributed by atoms with Crippen molar-refractivity contribution in [3.63, 3.8) is 0 Å². The van der Waals surface area contributed by atoms with E-state index >= 15 is 0 Å². The Kier molecular flexibility index (Phi) is 4.54. The van der Waals surface area contributed by atoms with E-state index in [9.17, 15) is 8.42 Å². The fourth-order valence-corrected chi connectivity index (χ4v) is 3.41. The number of hydrogen-bond donors (Lipinski definition) is 1. The van der Waals surface area contributed by atoms with Gasteiger partial charge in [-0.15, -0.1) is 0 Å². The number of aromatic nitrogens is 1. The first-order chi connectivity index (χ1) is 8.97. The molecular formula is C13H21N3O2S. The molecule has 0 aromatic carbocycles. The molecular weight excluding hydrogens is 262 g/mol. The molecule has 106 valence electrons. The highest BCUT2D eigenvalue weighted by Gasteiger charge is 2.29. The topological polar surface area (TPSA) is 62.3 Å². The van der Waals surface area contributed by atoms with Gasteiger partial charge in [0.25, 0.3) is 0 Å². The monoisotopic (exact) mass is 283 g/mol. The van der Waals surface area contributed by atoms with Crippen molar-refractivity contribution in [2.45, 2.75) is 25.9 Å². The predicted octanol–water partition coefficient (Wildman–Crippen LogP) is 0.841. The molecule has 2 atom stereocenters. The maximum Gasteiger partial charge on any atom is 0.211 e. The normalized spacial score (nSPS) is 25.4. The van der Waals surface area contributed by atoms with Gasteiger partial charge in [-0.3, -0.25) is 4.98 Å². The summed E-state index contributed by atoms with van der Waals surface area (Å²) in [6.45, 7) is 4.08. The van der Waals surface area contributed by atoms with Gasteiger partial charge in [0.1, 0.15) is 0 Å². The van der Waals surface area contributed by atoms with Crippen LogP contribution < -0.4 is 5.32 Å². The first-order valence-electron chi connectivity index (χ1n) is 6.54. The summed E-state index contributed by atoms with van der Waals surface area (Å²) in [7, 11) is -3.05. The van der Waals surface area contributed by atoms with Crippen LogP contribution >= 0.6 is 0 Å². The number of nitrogens with zero attached hydrogens (tertiary/aromatic N) is 2. The van der Waals surface area contributed by atoms with Crippen molar-refractivity contribution in [2.75, 3.05) is 19.3 Å². The molecule has 1 saturated heterocycles. The number of rotatable bonds is 4. The van der Waals surface area contributed by atoms with E-state index in [2.05, 4.69) is 17.2 Å². The summed E-state index contributed by atoms with van der Waals surface area (Å²) < 4.78 is 24.6. The van der Waals surface area contributed by atoms with Crippen LogP contribution in [0.2, 0.25) is 0 Å². The average Bonchev–Trinajstić information content (AvgIpc) is 2.37.